The predicted octanol–water partition coefficient (Wildman–Crippen LogP) is 1.60. The Hall–Kier alpha value is -0.830. The van der Waals surface area contributed by atoms with E-state index in [0.717, 1.165) is 19.4 Å². The van der Waals surface area contributed by atoms with Gasteiger partial charge < -0.3 is 5.73 Å². The number of hydrogen-bond donors (Lipinski definition) is 2. The van der Waals surface area contributed by atoms with Gasteiger partial charge in [-0.1, -0.05) is 13.8 Å². The summed E-state index contributed by atoms with van der Waals surface area (Å²) < 4.78 is 0. The number of nitrogens with zero attached hydrogens (tertiary/aromatic N) is 1. The molecule has 0 aromatic carbocycles. The van der Waals surface area contributed by atoms with E-state index in [1.807, 2.05) is 0 Å². The van der Waals surface area contributed by atoms with Crippen molar-refractivity contribution in [2.45, 2.75) is 39.0 Å². The summed E-state index contributed by atoms with van der Waals surface area (Å²) in [5, 5.41) is 7.56. The van der Waals surface area contributed by atoms with E-state index in [1.54, 1.807) is 0 Å². The maximum absolute atomic E-state index is 5.71. The summed E-state index contributed by atoms with van der Waals surface area (Å²) >= 11 is 0. The van der Waals surface area contributed by atoms with E-state index < -0.39 is 0 Å². The highest BCUT2D eigenvalue weighted by Crippen LogP contribution is 2.33. The lowest BCUT2D eigenvalue weighted by molar-refractivity contribution is 0.620. The summed E-state index contributed by atoms with van der Waals surface area (Å²) in [4.78, 5) is 0. The zero-order chi connectivity index (χ0) is 10.1. The van der Waals surface area contributed by atoms with Gasteiger partial charge in [0.25, 0.3) is 0 Å². The van der Waals surface area contributed by atoms with Crippen LogP contribution < -0.4 is 5.73 Å². The first-order chi connectivity index (χ1) is 6.72. The first kappa shape index (κ1) is 9.71. The van der Waals surface area contributed by atoms with Crippen molar-refractivity contribution in [2.24, 2.45) is 11.7 Å². The van der Waals surface area contributed by atoms with Crippen molar-refractivity contribution in [3.05, 3.63) is 17.0 Å². The summed E-state index contributed by atoms with van der Waals surface area (Å²) in [5.74, 6) is 1.19. The van der Waals surface area contributed by atoms with Crippen LogP contribution in [0.15, 0.2) is 0 Å². The average molecular weight is 193 g/mol. The van der Waals surface area contributed by atoms with Gasteiger partial charge in [0.05, 0.1) is 5.69 Å². The van der Waals surface area contributed by atoms with Gasteiger partial charge in [-0.15, -0.1) is 0 Å². The van der Waals surface area contributed by atoms with Gasteiger partial charge in [-0.2, -0.15) is 5.10 Å². The van der Waals surface area contributed by atoms with Crippen LogP contribution in [0.2, 0.25) is 0 Å². The van der Waals surface area contributed by atoms with Crippen LogP contribution in [-0.2, 0) is 12.8 Å². The molecule has 1 atom stereocenters. The fraction of sp³-hybridized carbons (Fsp3) is 0.727. The van der Waals surface area contributed by atoms with Crippen LogP contribution in [0, 0.1) is 5.92 Å². The van der Waals surface area contributed by atoms with Crippen LogP contribution in [0.3, 0.4) is 0 Å². The molecular formula is C11H19N3. The third kappa shape index (κ3) is 1.57. The van der Waals surface area contributed by atoms with E-state index in [0.29, 0.717) is 11.8 Å². The molecule has 3 nitrogen and oxygen atoms in total. The van der Waals surface area contributed by atoms with Crippen LogP contribution in [0.4, 0.5) is 0 Å². The Morgan fingerprint density at radius 2 is 2.36 bits per heavy atom. The number of rotatable bonds is 3. The molecule has 78 valence electrons. The zero-order valence-corrected chi connectivity index (χ0v) is 9.01. The number of nitrogens with two attached hydrogens (primary N) is 1. The molecule has 0 amide bonds. The summed E-state index contributed by atoms with van der Waals surface area (Å²) in [7, 11) is 0. The minimum atomic E-state index is 0.502. The normalized spacial score (nSPS) is 20.4. The third-order valence-corrected chi connectivity index (χ3v) is 3.01. The summed E-state index contributed by atoms with van der Waals surface area (Å²) in [5.41, 5.74) is 9.74. The molecule has 0 radical (unpaired) electrons. The number of H-pyrrole nitrogens is 1. The fourth-order valence-electron chi connectivity index (χ4n) is 2.30. The molecule has 3 N–H and O–H groups in total. The monoisotopic (exact) mass is 193 g/mol. The van der Waals surface area contributed by atoms with Crippen LogP contribution in [0.25, 0.3) is 0 Å². The lowest BCUT2D eigenvalue weighted by Gasteiger charge is -2.02. The maximum atomic E-state index is 5.71. The van der Waals surface area contributed by atoms with Crippen LogP contribution in [-0.4, -0.2) is 16.7 Å². The Balaban J connectivity index is 2.22. The number of hydrogen-bond acceptors (Lipinski definition) is 2. The zero-order valence-electron chi connectivity index (χ0n) is 9.01. The van der Waals surface area contributed by atoms with E-state index in [4.69, 9.17) is 5.73 Å². The quantitative estimate of drug-likeness (QED) is 0.766. The second-order valence-electron chi connectivity index (χ2n) is 4.64. The van der Waals surface area contributed by atoms with Gasteiger partial charge in [0, 0.05) is 18.2 Å². The molecule has 0 saturated heterocycles. The predicted molar refractivity (Wildman–Crippen MR) is 57.2 cm³/mol. The first-order valence-electron chi connectivity index (χ1n) is 5.48. The second-order valence-corrected chi connectivity index (χ2v) is 4.64. The molecule has 1 aliphatic carbocycles. The number of fused-ring (bicyclic) bond motifs is 1. The molecule has 0 saturated carbocycles. The minimum Gasteiger partial charge on any atom is -0.330 e. The number of aromatic amines is 1. The van der Waals surface area contributed by atoms with Gasteiger partial charge in [-0.3, -0.25) is 5.10 Å². The maximum Gasteiger partial charge on any atom is 0.0700 e. The summed E-state index contributed by atoms with van der Waals surface area (Å²) in [6.07, 6.45) is 3.46. The summed E-state index contributed by atoms with van der Waals surface area (Å²) in [6, 6.07) is 0. The molecular weight excluding hydrogens is 174 g/mol. The molecule has 2 rings (SSSR count). The molecule has 0 bridgehead atoms. The van der Waals surface area contributed by atoms with Gasteiger partial charge in [0.1, 0.15) is 0 Å². The molecule has 0 fully saturated rings. The largest absolute Gasteiger partial charge is 0.330 e. The Labute approximate surface area is 85.1 Å². The topological polar surface area (TPSA) is 54.7 Å². The van der Waals surface area contributed by atoms with E-state index >= 15 is 0 Å². The fourth-order valence-corrected chi connectivity index (χ4v) is 2.30. The van der Waals surface area contributed by atoms with E-state index in [9.17, 15) is 0 Å². The van der Waals surface area contributed by atoms with Gasteiger partial charge in [-0.25, -0.2) is 0 Å². The molecule has 0 aliphatic heterocycles. The highest BCUT2D eigenvalue weighted by atomic mass is 15.1. The molecule has 1 unspecified atom stereocenters. The Bertz CT molecular complexity index is 314. The molecule has 0 spiro atoms. The van der Waals surface area contributed by atoms with Crippen molar-refractivity contribution in [3.8, 4) is 0 Å². The van der Waals surface area contributed by atoms with E-state index in [1.165, 1.54) is 23.4 Å². The molecule has 1 heterocycles. The number of nitrogens with one attached hydrogen (secondary N) is 1. The molecule has 1 aliphatic rings. The molecule has 1 aromatic rings. The SMILES string of the molecule is CC(C)Cc1[nH]nc2c1CCC2CN. The Kier molecular flexibility index (Phi) is 2.59. The molecule has 14 heavy (non-hydrogen) atoms. The van der Waals surface area contributed by atoms with Gasteiger partial charge >= 0.3 is 0 Å². The van der Waals surface area contributed by atoms with Crippen molar-refractivity contribution in [3.63, 3.8) is 0 Å². The smallest absolute Gasteiger partial charge is 0.0700 e. The highest BCUT2D eigenvalue weighted by molar-refractivity contribution is 5.33. The van der Waals surface area contributed by atoms with Crippen molar-refractivity contribution in [1.29, 1.82) is 0 Å². The summed E-state index contributed by atoms with van der Waals surface area (Å²) in [6.45, 7) is 5.21. The highest BCUT2D eigenvalue weighted by Gasteiger charge is 2.26. The van der Waals surface area contributed by atoms with E-state index in [-0.39, 0.29) is 0 Å². The van der Waals surface area contributed by atoms with Gasteiger partial charge in [-0.05, 0) is 30.7 Å². The van der Waals surface area contributed by atoms with Crippen LogP contribution in [0.5, 0.6) is 0 Å². The van der Waals surface area contributed by atoms with Gasteiger partial charge in [0.15, 0.2) is 0 Å². The number of aromatic nitrogens is 2. The van der Waals surface area contributed by atoms with Gasteiger partial charge in [0.2, 0.25) is 0 Å². The first-order valence-corrected chi connectivity index (χ1v) is 5.48. The lowest BCUT2D eigenvalue weighted by Crippen LogP contribution is -2.09. The van der Waals surface area contributed by atoms with Crippen molar-refractivity contribution in [2.75, 3.05) is 6.54 Å². The Morgan fingerprint density at radius 1 is 1.57 bits per heavy atom. The second kappa shape index (κ2) is 3.73. The van der Waals surface area contributed by atoms with Crippen LogP contribution >= 0.6 is 0 Å². The average Bonchev–Trinajstić information content (AvgIpc) is 2.67. The van der Waals surface area contributed by atoms with Crippen molar-refractivity contribution >= 4 is 0 Å². The lowest BCUT2D eigenvalue weighted by atomic mass is 10.0. The standard InChI is InChI=1S/C11H19N3/c1-7(2)5-10-9-4-3-8(6-12)11(9)14-13-10/h7-8H,3-6,12H2,1-2H3,(H,13,14). The van der Waals surface area contributed by atoms with Crippen molar-refractivity contribution in [1.82, 2.24) is 10.2 Å². The Morgan fingerprint density at radius 3 is 3.00 bits per heavy atom. The van der Waals surface area contributed by atoms with E-state index in [2.05, 4.69) is 24.0 Å². The third-order valence-electron chi connectivity index (χ3n) is 3.01. The van der Waals surface area contributed by atoms with Crippen LogP contribution in [0.1, 0.15) is 43.1 Å². The molecule has 3 heteroatoms. The molecule has 1 aromatic heterocycles. The van der Waals surface area contributed by atoms with Crippen molar-refractivity contribution < 1.29 is 0 Å². The minimum absolute atomic E-state index is 0.502.